The van der Waals surface area contributed by atoms with Crippen molar-refractivity contribution in [2.75, 3.05) is 11.2 Å². The maximum absolute atomic E-state index is 8.93. The molecule has 0 fully saturated rings. The number of halogens is 1. The lowest BCUT2D eigenvalue weighted by Gasteiger charge is -1.93. The quantitative estimate of drug-likeness (QED) is 0.274. The minimum atomic E-state index is 0.262. The Bertz CT molecular complexity index is 461. The Kier molecular flexibility index (Phi) is 11.0. The number of phenols is 2. The van der Waals surface area contributed by atoms with Gasteiger partial charge in [0, 0.05) is 9.79 Å². The first-order valence-electron chi connectivity index (χ1n) is 5.30. The average molecular weight is 408 g/mol. The standard InChI is InChI=1S/C7H8OS.C6H6OS.CH3I/c1-9-7-4-2-3-6(8)5-7;7-5-2-1-3-6(8)4-5;1-2/h2-5,8H,1H3;1-4,7-8H;1H3. The van der Waals surface area contributed by atoms with Crippen LogP contribution in [0.5, 0.6) is 11.5 Å². The molecule has 0 bridgehead atoms. The monoisotopic (exact) mass is 408 g/mol. The fourth-order valence-electron chi connectivity index (χ4n) is 1.10. The molecule has 104 valence electrons. The van der Waals surface area contributed by atoms with Crippen LogP contribution in [0.3, 0.4) is 0 Å². The van der Waals surface area contributed by atoms with Crippen LogP contribution in [0, 0.1) is 0 Å². The van der Waals surface area contributed by atoms with E-state index in [1.807, 2.05) is 29.4 Å². The summed E-state index contributed by atoms with van der Waals surface area (Å²) in [4.78, 5) is 3.85. The van der Waals surface area contributed by atoms with E-state index in [9.17, 15) is 0 Å². The van der Waals surface area contributed by atoms with Crippen molar-refractivity contribution in [2.45, 2.75) is 9.79 Å². The van der Waals surface area contributed by atoms with Crippen LogP contribution in [0.1, 0.15) is 0 Å². The first-order valence-corrected chi connectivity index (χ1v) is 9.13. The van der Waals surface area contributed by atoms with Crippen LogP contribution >= 0.6 is 47.0 Å². The second-order valence-corrected chi connectivity index (χ2v) is 4.62. The molecule has 0 spiro atoms. The summed E-state index contributed by atoms with van der Waals surface area (Å²) in [5.41, 5.74) is 0. The molecule has 0 saturated heterocycles. The van der Waals surface area contributed by atoms with E-state index in [1.165, 1.54) is 0 Å². The number of hydrogen-bond acceptors (Lipinski definition) is 4. The van der Waals surface area contributed by atoms with Crippen molar-refractivity contribution in [1.29, 1.82) is 0 Å². The zero-order valence-corrected chi connectivity index (χ0v) is 14.6. The van der Waals surface area contributed by atoms with E-state index in [0.717, 1.165) is 9.79 Å². The van der Waals surface area contributed by atoms with E-state index >= 15 is 0 Å². The first-order chi connectivity index (χ1) is 9.11. The number of phenolic OH excluding ortho intramolecular Hbond substituents is 2. The Balaban J connectivity index is 0.000000303. The molecule has 0 radical (unpaired) electrons. The van der Waals surface area contributed by atoms with Crippen molar-refractivity contribution in [3.8, 4) is 11.5 Å². The Labute approximate surface area is 137 Å². The molecule has 0 aliphatic carbocycles. The maximum atomic E-state index is 8.93. The number of alkyl halides is 1. The zero-order chi connectivity index (χ0) is 14.7. The second-order valence-electron chi connectivity index (χ2n) is 3.22. The number of thioether (sulfide) groups is 1. The summed E-state index contributed by atoms with van der Waals surface area (Å²) in [7, 11) is 0. The Hall–Kier alpha value is -0.530. The van der Waals surface area contributed by atoms with E-state index in [-0.39, 0.29) is 5.75 Å². The highest BCUT2D eigenvalue weighted by molar-refractivity contribution is 14.1. The van der Waals surface area contributed by atoms with E-state index in [0.29, 0.717) is 5.75 Å². The summed E-state index contributed by atoms with van der Waals surface area (Å²) in [6.45, 7) is 0. The van der Waals surface area contributed by atoms with Gasteiger partial charge in [-0.1, -0.05) is 34.7 Å². The van der Waals surface area contributed by atoms with Gasteiger partial charge in [0.25, 0.3) is 0 Å². The van der Waals surface area contributed by atoms with Gasteiger partial charge in [0.1, 0.15) is 11.5 Å². The highest BCUT2D eigenvalue weighted by atomic mass is 127. The van der Waals surface area contributed by atoms with Crippen molar-refractivity contribution in [2.24, 2.45) is 0 Å². The molecule has 2 nitrogen and oxygen atoms in total. The molecule has 0 heterocycles. The van der Waals surface area contributed by atoms with Gasteiger partial charge in [0.2, 0.25) is 0 Å². The van der Waals surface area contributed by atoms with Crippen LogP contribution in [0.15, 0.2) is 58.3 Å². The fourth-order valence-corrected chi connectivity index (χ4v) is 1.78. The molecular formula is C14H17IO2S2. The third-order valence-corrected chi connectivity index (χ3v) is 2.89. The van der Waals surface area contributed by atoms with E-state index < -0.39 is 0 Å². The summed E-state index contributed by atoms with van der Waals surface area (Å²) in [6.07, 6.45) is 1.98. The third kappa shape index (κ3) is 9.07. The molecule has 5 heteroatoms. The minimum Gasteiger partial charge on any atom is -0.508 e. The van der Waals surface area contributed by atoms with Gasteiger partial charge < -0.3 is 10.2 Å². The Morgan fingerprint density at radius 1 is 0.947 bits per heavy atom. The van der Waals surface area contributed by atoms with Crippen molar-refractivity contribution in [1.82, 2.24) is 0 Å². The lowest BCUT2D eigenvalue weighted by molar-refractivity contribution is 0.473. The third-order valence-electron chi connectivity index (χ3n) is 1.88. The Morgan fingerprint density at radius 2 is 1.47 bits per heavy atom. The molecule has 0 unspecified atom stereocenters. The van der Waals surface area contributed by atoms with Gasteiger partial charge >= 0.3 is 0 Å². The fraction of sp³-hybridized carbons (Fsp3) is 0.143. The van der Waals surface area contributed by atoms with Gasteiger partial charge in [0.15, 0.2) is 0 Å². The minimum absolute atomic E-state index is 0.262. The lowest BCUT2D eigenvalue weighted by Crippen LogP contribution is -1.66. The smallest absolute Gasteiger partial charge is 0.116 e. The summed E-state index contributed by atoms with van der Waals surface area (Å²) in [5, 5.41) is 17.7. The second kappa shape index (κ2) is 11.3. The van der Waals surface area contributed by atoms with Crippen LogP contribution in [0.2, 0.25) is 0 Å². The van der Waals surface area contributed by atoms with Gasteiger partial charge in [-0.2, -0.15) is 0 Å². The van der Waals surface area contributed by atoms with Crippen molar-refractivity contribution in [3.05, 3.63) is 48.5 Å². The van der Waals surface area contributed by atoms with Gasteiger partial charge in [-0.05, 0) is 47.6 Å². The van der Waals surface area contributed by atoms with Crippen LogP contribution in [0.25, 0.3) is 0 Å². The molecule has 0 aliphatic heterocycles. The number of hydrogen-bond donors (Lipinski definition) is 3. The first kappa shape index (κ1) is 18.5. The SMILES string of the molecule is CI.CSc1cccc(O)c1.Oc1cccc(S)c1. The average Bonchev–Trinajstić information content (AvgIpc) is 2.41. The van der Waals surface area contributed by atoms with E-state index in [4.69, 9.17) is 10.2 Å². The van der Waals surface area contributed by atoms with Gasteiger partial charge in [-0.3, -0.25) is 0 Å². The van der Waals surface area contributed by atoms with Gasteiger partial charge in [-0.25, -0.2) is 0 Å². The molecule has 2 rings (SSSR count). The molecule has 2 N–H and O–H groups in total. The lowest BCUT2D eigenvalue weighted by atomic mass is 10.3. The number of aromatic hydroxyl groups is 2. The van der Waals surface area contributed by atoms with Crippen molar-refractivity contribution >= 4 is 47.0 Å². The number of benzene rings is 2. The summed E-state index contributed by atoms with van der Waals surface area (Å²) < 4.78 is 0. The largest absolute Gasteiger partial charge is 0.508 e. The highest BCUT2D eigenvalue weighted by Gasteiger charge is 1.88. The topological polar surface area (TPSA) is 40.5 Å². The van der Waals surface area contributed by atoms with Crippen LogP contribution < -0.4 is 0 Å². The van der Waals surface area contributed by atoms with Gasteiger partial charge in [-0.15, -0.1) is 24.4 Å². The molecule has 0 amide bonds. The zero-order valence-electron chi connectivity index (χ0n) is 10.7. The number of thiol groups is 1. The van der Waals surface area contributed by atoms with E-state index in [2.05, 4.69) is 35.2 Å². The predicted molar refractivity (Wildman–Crippen MR) is 95.2 cm³/mol. The maximum Gasteiger partial charge on any atom is 0.116 e. The van der Waals surface area contributed by atoms with E-state index in [1.54, 1.807) is 42.1 Å². The molecule has 0 atom stereocenters. The van der Waals surface area contributed by atoms with Crippen LogP contribution in [-0.4, -0.2) is 21.4 Å². The Morgan fingerprint density at radius 3 is 1.79 bits per heavy atom. The van der Waals surface area contributed by atoms with Crippen LogP contribution in [0.4, 0.5) is 0 Å². The molecule has 0 aliphatic rings. The summed E-state index contributed by atoms with van der Waals surface area (Å²) >= 11 is 7.77. The number of rotatable bonds is 1. The molecule has 0 saturated carbocycles. The van der Waals surface area contributed by atoms with Crippen molar-refractivity contribution < 1.29 is 10.2 Å². The molecule has 19 heavy (non-hydrogen) atoms. The summed E-state index contributed by atoms with van der Waals surface area (Å²) in [6, 6.07) is 14.0. The van der Waals surface area contributed by atoms with Crippen LogP contribution in [-0.2, 0) is 0 Å². The molecule has 2 aromatic rings. The molecule has 0 aromatic heterocycles. The highest BCUT2D eigenvalue weighted by Crippen LogP contribution is 2.18. The molecule has 2 aromatic carbocycles. The summed E-state index contributed by atoms with van der Waals surface area (Å²) in [5.74, 6) is 0.597. The van der Waals surface area contributed by atoms with Gasteiger partial charge in [0.05, 0.1) is 0 Å². The molecular weight excluding hydrogens is 391 g/mol. The van der Waals surface area contributed by atoms with Crippen molar-refractivity contribution in [3.63, 3.8) is 0 Å². The normalized spacial score (nSPS) is 8.63. The predicted octanol–water partition coefficient (Wildman–Crippen LogP) is 4.85.